The summed E-state index contributed by atoms with van der Waals surface area (Å²) in [6.45, 7) is 8.22. The van der Waals surface area contributed by atoms with Gasteiger partial charge in [0, 0.05) is 26.7 Å². The third kappa shape index (κ3) is 8.54. The van der Waals surface area contributed by atoms with Crippen molar-refractivity contribution in [2.75, 3.05) is 59.9 Å². The summed E-state index contributed by atoms with van der Waals surface area (Å²) in [6.07, 6.45) is 8.09. The molecule has 2 aliphatic heterocycles. The smallest absolute Gasteiger partial charge is 0.191 e. The van der Waals surface area contributed by atoms with Crippen LogP contribution in [-0.4, -0.2) is 75.7 Å². The Hall–Kier alpha value is -0.0800. The first-order valence-corrected chi connectivity index (χ1v) is 9.13. The fourth-order valence-corrected chi connectivity index (χ4v) is 3.48. The molecular weight excluding hydrogens is 401 g/mol. The van der Waals surface area contributed by atoms with Gasteiger partial charge in [-0.1, -0.05) is 6.42 Å². The van der Waals surface area contributed by atoms with E-state index in [2.05, 4.69) is 32.5 Å². The largest absolute Gasteiger partial charge is 0.356 e. The third-order valence-corrected chi connectivity index (χ3v) is 5.08. The molecule has 0 aromatic heterocycles. The van der Waals surface area contributed by atoms with Crippen molar-refractivity contribution in [1.29, 1.82) is 0 Å². The van der Waals surface area contributed by atoms with E-state index in [1.54, 1.807) is 0 Å². The number of piperidine rings is 2. The SMILES string of the molecule is CN=C(NCCC1CCN(C)CC1)NCCN1CCCCC1.I. The Balaban J connectivity index is 0.00000264. The van der Waals surface area contributed by atoms with Crippen LogP contribution in [0.1, 0.15) is 38.5 Å². The van der Waals surface area contributed by atoms with Crippen molar-refractivity contribution in [2.45, 2.75) is 38.5 Å². The molecule has 2 heterocycles. The number of nitrogens with zero attached hydrogens (tertiary/aromatic N) is 3. The van der Waals surface area contributed by atoms with Crippen molar-refractivity contribution in [3.05, 3.63) is 0 Å². The van der Waals surface area contributed by atoms with Gasteiger partial charge in [0.25, 0.3) is 0 Å². The molecule has 0 amide bonds. The Labute approximate surface area is 159 Å². The van der Waals surface area contributed by atoms with Crippen molar-refractivity contribution in [1.82, 2.24) is 20.4 Å². The lowest BCUT2D eigenvalue weighted by Crippen LogP contribution is -2.43. The molecule has 0 aromatic rings. The summed E-state index contributed by atoms with van der Waals surface area (Å²) in [7, 11) is 4.09. The highest BCUT2D eigenvalue weighted by molar-refractivity contribution is 14.0. The van der Waals surface area contributed by atoms with E-state index in [-0.39, 0.29) is 24.0 Å². The van der Waals surface area contributed by atoms with Gasteiger partial charge in [0.2, 0.25) is 0 Å². The van der Waals surface area contributed by atoms with E-state index >= 15 is 0 Å². The van der Waals surface area contributed by atoms with Crippen molar-refractivity contribution in [3.63, 3.8) is 0 Å². The van der Waals surface area contributed by atoms with Gasteiger partial charge < -0.3 is 20.4 Å². The van der Waals surface area contributed by atoms with Gasteiger partial charge in [-0.25, -0.2) is 0 Å². The summed E-state index contributed by atoms with van der Waals surface area (Å²) in [6, 6.07) is 0. The fourth-order valence-electron chi connectivity index (χ4n) is 3.48. The first kappa shape index (κ1) is 21.0. The highest BCUT2D eigenvalue weighted by atomic mass is 127. The molecular formula is C17H36IN5. The van der Waals surface area contributed by atoms with Gasteiger partial charge in [-0.15, -0.1) is 24.0 Å². The summed E-state index contributed by atoms with van der Waals surface area (Å²) < 4.78 is 0. The van der Waals surface area contributed by atoms with Crippen LogP contribution >= 0.6 is 24.0 Å². The molecule has 0 saturated carbocycles. The number of hydrogen-bond acceptors (Lipinski definition) is 3. The molecule has 136 valence electrons. The number of guanidine groups is 1. The summed E-state index contributed by atoms with van der Waals surface area (Å²) in [5.41, 5.74) is 0. The van der Waals surface area contributed by atoms with Crippen LogP contribution in [0.5, 0.6) is 0 Å². The minimum Gasteiger partial charge on any atom is -0.356 e. The minimum absolute atomic E-state index is 0. The summed E-state index contributed by atoms with van der Waals surface area (Å²) in [5, 5.41) is 6.92. The maximum absolute atomic E-state index is 4.33. The van der Waals surface area contributed by atoms with Crippen LogP contribution in [0.3, 0.4) is 0 Å². The van der Waals surface area contributed by atoms with Gasteiger partial charge in [0.1, 0.15) is 0 Å². The molecule has 2 fully saturated rings. The lowest BCUT2D eigenvalue weighted by molar-refractivity contribution is 0.213. The van der Waals surface area contributed by atoms with Crippen molar-refractivity contribution in [2.24, 2.45) is 10.9 Å². The van der Waals surface area contributed by atoms with E-state index < -0.39 is 0 Å². The number of nitrogens with one attached hydrogen (secondary N) is 2. The predicted molar refractivity (Wildman–Crippen MR) is 110 cm³/mol. The Morgan fingerprint density at radius 3 is 2.30 bits per heavy atom. The summed E-state index contributed by atoms with van der Waals surface area (Å²) in [5.74, 6) is 1.85. The monoisotopic (exact) mass is 437 g/mol. The molecule has 2 aliphatic rings. The van der Waals surface area contributed by atoms with Crippen molar-refractivity contribution < 1.29 is 0 Å². The second kappa shape index (κ2) is 12.3. The van der Waals surface area contributed by atoms with E-state index in [9.17, 15) is 0 Å². The van der Waals surface area contributed by atoms with E-state index in [0.29, 0.717) is 0 Å². The normalized spacial score (nSPS) is 21.7. The lowest BCUT2D eigenvalue weighted by atomic mass is 9.94. The minimum atomic E-state index is 0. The van der Waals surface area contributed by atoms with Crippen LogP contribution in [0.4, 0.5) is 0 Å². The third-order valence-electron chi connectivity index (χ3n) is 5.08. The average Bonchev–Trinajstić information content (AvgIpc) is 2.56. The quantitative estimate of drug-likeness (QED) is 0.379. The van der Waals surface area contributed by atoms with Crippen LogP contribution in [0.25, 0.3) is 0 Å². The van der Waals surface area contributed by atoms with Gasteiger partial charge in [-0.05, 0) is 71.2 Å². The van der Waals surface area contributed by atoms with Crippen LogP contribution < -0.4 is 10.6 Å². The average molecular weight is 437 g/mol. The van der Waals surface area contributed by atoms with Crippen molar-refractivity contribution in [3.8, 4) is 0 Å². The summed E-state index contributed by atoms with van der Waals surface area (Å²) in [4.78, 5) is 9.33. The highest BCUT2D eigenvalue weighted by Gasteiger charge is 2.16. The van der Waals surface area contributed by atoms with Gasteiger partial charge in [-0.2, -0.15) is 0 Å². The number of halogens is 1. The molecule has 2 rings (SSSR count). The first-order valence-electron chi connectivity index (χ1n) is 9.13. The summed E-state index contributed by atoms with van der Waals surface area (Å²) >= 11 is 0. The molecule has 0 spiro atoms. The Bertz CT molecular complexity index is 323. The molecule has 0 aromatic carbocycles. The Morgan fingerprint density at radius 2 is 1.65 bits per heavy atom. The zero-order chi connectivity index (χ0) is 15.6. The number of hydrogen-bond donors (Lipinski definition) is 2. The molecule has 0 unspecified atom stereocenters. The molecule has 2 N–H and O–H groups in total. The second-order valence-corrected chi connectivity index (χ2v) is 6.86. The fraction of sp³-hybridized carbons (Fsp3) is 0.941. The highest BCUT2D eigenvalue weighted by Crippen LogP contribution is 2.18. The van der Waals surface area contributed by atoms with Crippen LogP contribution in [-0.2, 0) is 0 Å². The van der Waals surface area contributed by atoms with Gasteiger partial charge in [0.05, 0.1) is 0 Å². The standard InChI is InChI=1S/C17H35N5.HI/c1-18-17(20-10-15-22-11-4-3-5-12-22)19-9-6-16-7-13-21(2)14-8-16;/h16H,3-15H2,1-2H3,(H2,18,19,20);1H. The Kier molecular flexibility index (Phi) is 11.2. The van der Waals surface area contributed by atoms with E-state index in [1.807, 2.05) is 7.05 Å². The van der Waals surface area contributed by atoms with Crippen LogP contribution in [0.15, 0.2) is 4.99 Å². The topological polar surface area (TPSA) is 42.9 Å². The van der Waals surface area contributed by atoms with Gasteiger partial charge >= 0.3 is 0 Å². The molecule has 2 saturated heterocycles. The number of likely N-dealkylation sites (tertiary alicyclic amines) is 2. The van der Waals surface area contributed by atoms with Gasteiger partial charge in [0.15, 0.2) is 5.96 Å². The zero-order valence-electron chi connectivity index (χ0n) is 15.0. The van der Waals surface area contributed by atoms with Crippen LogP contribution in [0.2, 0.25) is 0 Å². The molecule has 5 nitrogen and oxygen atoms in total. The predicted octanol–water partition coefficient (Wildman–Crippen LogP) is 1.99. The number of aliphatic imine (C=N–C) groups is 1. The second-order valence-electron chi connectivity index (χ2n) is 6.86. The molecule has 23 heavy (non-hydrogen) atoms. The maximum atomic E-state index is 4.33. The number of rotatable bonds is 6. The Morgan fingerprint density at radius 1 is 1.00 bits per heavy atom. The lowest BCUT2D eigenvalue weighted by Gasteiger charge is -2.29. The first-order chi connectivity index (χ1) is 10.8. The van der Waals surface area contributed by atoms with E-state index in [0.717, 1.165) is 31.5 Å². The zero-order valence-corrected chi connectivity index (χ0v) is 17.3. The molecule has 0 aliphatic carbocycles. The van der Waals surface area contributed by atoms with E-state index in [4.69, 9.17) is 0 Å². The maximum Gasteiger partial charge on any atom is 0.191 e. The van der Waals surface area contributed by atoms with E-state index in [1.165, 1.54) is 64.7 Å². The van der Waals surface area contributed by atoms with Crippen LogP contribution in [0, 0.1) is 5.92 Å². The molecule has 0 radical (unpaired) electrons. The van der Waals surface area contributed by atoms with Crippen molar-refractivity contribution >= 4 is 29.9 Å². The molecule has 6 heteroatoms. The molecule has 0 atom stereocenters. The van der Waals surface area contributed by atoms with Gasteiger partial charge in [-0.3, -0.25) is 4.99 Å². The molecule has 0 bridgehead atoms.